The van der Waals surface area contributed by atoms with Crippen molar-refractivity contribution in [3.63, 3.8) is 0 Å². The van der Waals surface area contributed by atoms with E-state index in [1.165, 1.54) is 0 Å². The van der Waals surface area contributed by atoms with Crippen LogP contribution in [0.25, 0.3) is 11.0 Å². The SMILES string of the molecule is CCOc1cccc2cc(/C(C)=N\NC(=O)CNc3cccc(OC)c3)oc12. The van der Waals surface area contributed by atoms with Gasteiger partial charge in [-0.15, -0.1) is 0 Å². The lowest BCUT2D eigenvalue weighted by Crippen LogP contribution is -2.26. The fourth-order valence-corrected chi connectivity index (χ4v) is 2.64. The summed E-state index contributed by atoms with van der Waals surface area (Å²) in [6, 6.07) is 14.9. The first-order chi connectivity index (χ1) is 13.6. The van der Waals surface area contributed by atoms with E-state index >= 15 is 0 Å². The number of hydrogen-bond donors (Lipinski definition) is 2. The number of rotatable bonds is 8. The van der Waals surface area contributed by atoms with E-state index in [0.717, 1.165) is 16.8 Å². The third-order valence-electron chi connectivity index (χ3n) is 4.04. The van der Waals surface area contributed by atoms with Crippen LogP contribution in [0, 0.1) is 0 Å². The Morgan fingerprint density at radius 3 is 2.79 bits per heavy atom. The van der Waals surface area contributed by atoms with Crippen molar-refractivity contribution in [1.82, 2.24) is 5.43 Å². The molecule has 1 amide bonds. The zero-order valence-electron chi connectivity index (χ0n) is 16.1. The van der Waals surface area contributed by atoms with Gasteiger partial charge < -0.3 is 19.2 Å². The summed E-state index contributed by atoms with van der Waals surface area (Å²) in [7, 11) is 1.60. The van der Waals surface area contributed by atoms with Crippen molar-refractivity contribution in [2.75, 3.05) is 25.6 Å². The van der Waals surface area contributed by atoms with E-state index in [1.54, 1.807) is 14.0 Å². The Kier molecular flexibility index (Phi) is 6.16. The summed E-state index contributed by atoms with van der Waals surface area (Å²) >= 11 is 0. The van der Waals surface area contributed by atoms with Crippen molar-refractivity contribution in [3.05, 3.63) is 54.3 Å². The first-order valence-electron chi connectivity index (χ1n) is 8.97. The third-order valence-corrected chi connectivity index (χ3v) is 4.04. The van der Waals surface area contributed by atoms with E-state index in [0.29, 0.717) is 29.4 Å². The summed E-state index contributed by atoms with van der Waals surface area (Å²) in [5, 5.41) is 8.07. The van der Waals surface area contributed by atoms with Crippen LogP contribution >= 0.6 is 0 Å². The van der Waals surface area contributed by atoms with Gasteiger partial charge in [0.25, 0.3) is 5.91 Å². The number of hydrazone groups is 1. The van der Waals surface area contributed by atoms with Crippen LogP contribution in [0.4, 0.5) is 5.69 Å². The molecule has 1 heterocycles. The number of carbonyl (C=O) groups is 1. The number of nitrogens with zero attached hydrogens (tertiary/aromatic N) is 1. The fourth-order valence-electron chi connectivity index (χ4n) is 2.64. The molecular weight excluding hydrogens is 358 g/mol. The molecule has 3 rings (SSSR count). The van der Waals surface area contributed by atoms with Crippen molar-refractivity contribution in [1.29, 1.82) is 0 Å². The van der Waals surface area contributed by atoms with Crippen molar-refractivity contribution < 1.29 is 18.7 Å². The Morgan fingerprint density at radius 2 is 2.00 bits per heavy atom. The second kappa shape index (κ2) is 8.94. The highest BCUT2D eigenvalue weighted by Gasteiger charge is 2.11. The van der Waals surface area contributed by atoms with Gasteiger partial charge >= 0.3 is 0 Å². The van der Waals surface area contributed by atoms with Crippen molar-refractivity contribution in [2.24, 2.45) is 5.10 Å². The molecule has 0 saturated carbocycles. The van der Waals surface area contributed by atoms with Crippen LogP contribution in [0.3, 0.4) is 0 Å². The molecule has 146 valence electrons. The van der Waals surface area contributed by atoms with Gasteiger partial charge in [0.15, 0.2) is 17.1 Å². The van der Waals surface area contributed by atoms with Gasteiger partial charge in [-0.2, -0.15) is 5.10 Å². The zero-order chi connectivity index (χ0) is 19.9. The van der Waals surface area contributed by atoms with Crippen LogP contribution in [-0.4, -0.2) is 31.9 Å². The number of furan rings is 1. The molecule has 0 atom stereocenters. The molecule has 0 unspecified atom stereocenters. The number of methoxy groups -OCH3 is 1. The lowest BCUT2D eigenvalue weighted by molar-refractivity contribution is -0.119. The summed E-state index contributed by atoms with van der Waals surface area (Å²) < 4.78 is 16.6. The number of fused-ring (bicyclic) bond motifs is 1. The largest absolute Gasteiger partial charge is 0.497 e. The maximum absolute atomic E-state index is 12.1. The normalized spacial score (nSPS) is 11.3. The summed E-state index contributed by atoms with van der Waals surface area (Å²) in [5.74, 6) is 1.71. The van der Waals surface area contributed by atoms with Crippen LogP contribution in [0.1, 0.15) is 19.6 Å². The van der Waals surface area contributed by atoms with Crippen LogP contribution in [-0.2, 0) is 4.79 Å². The standard InChI is InChI=1S/C21H23N3O4/c1-4-27-18-10-5-7-15-11-19(28-21(15)18)14(2)23-24-20(25)13-22-16-8-6-9-17(12-16)26-3/h5-12,22H,4,13H2,1-3H3,(H,24,25)/b23-14-. The lowest BCUT2D eigenvalue weighted by atomic mass is 10.2. The van der Waals surface area contributed by atoms with Crippen molar-refractivity contribution in [2.45, 2.75) is 13.8 Å². The summed E-state index contributed by atoms with van der Waals surface area (Å²) in [6.45, 7) is 4.33. The minimum atomic E-state index is -0.270. The molecule has 0 radical (unpaired) electrons. The minimum Gasteiger partial charge on any atom is -0.497 e. The molecule has 0 aliphatic rings. The Labute approximate surface area is 163 Å². The predicted molar refractivity (Wildman–Crippen MR) is 109 cm³/mol. The molecule has 0 bridgehead atoms. The average molecular weight is 381 g/mol. The van der Waals surface area contributed by atoms with Crippen LogP contribution in [0.15, 0.2) is 58.0 Å². The zero-order valence-corrected chi connectivity index (χ0v) is 16.1. The summed E-state index contributed by atoms with van der Waals surface area (Å²) in [6.07, 6.45) is 0. The number of carbonyl (C=O) groups excluding carboxylic acids is 1. The third kappa shape index (κ3) is 4.62. The van der Waals surface area contributed by atoms with E-state index in [9.17, 15) is 4.79 Å². The van der Waals surface area contributed by atoms with Gasteiger partial charge in [0, 0.05) is 17.1 Å². The average Bonchev–Trinajstić information content (AvgIpc) is 3.16. The van der Waals surface area contributed by atoms with Gasteiger partial charge in [-0.3, -0.25) is 4.79 Å². The van der Waals surface area contributed by atoms with Gasteiger partial charge in [-0.1, -0.05) is 18.2 Å². The summed E-state index contributed by atoms with van der Waals surface area (Å²) in [4.78, 5) is 12.1. The van der Waals surface area contributed by atoms with Gasteiger partial charge in [-0.25, -0.2) is 5.43 Å². The van der Waals surface area contributed by atoms with Crippen LogP contribution in [0.2, 0.25) is 0 Å². The Morgan fingerprint density at radius 1 is 1.18 bits per heavy atom. The number of para-hydroxylation sites is 1. The quantitative estimate of drug-likeness (QED) is 0.458. The Bertz CT molecular complexity index is 994. The monoisotopic (exact) mass is 381 g/mol. The lowest BCUT2D eigenvalue weighted by Gasteiger charge is -2.07. The second-order valence-corrected chi connectivity index (χ2v) is 6.04. The smallest absolute Gasteiger partial charge is 0.259 e. The number of benzene rings is 2. The highest BCUT2D eigenvalue weighted by molar-refractivity contribution is 6.01. The van der Waals surface area contributed by atoms with Gasteiger partial charge in [0.1, 0.15) is 11.5 Å². The maximum Gasteiger partial charge on any atom is 0.259 e. The van der Waals surface area contributed by atoms with Gasteiger partial charge in [0.05, 0.1) is 20.3 Å². The fraction of sp³-hybridized carbons (Fsp3) is 0.238. The molecule has 0 aliphatic heterocycles. The first-order valence-corrected chi connectivity index (χ1v) is 8.97. The number of amides is 1. The van der Waals surface area contributed by atoms with E-state index < -0.39 is 0 Å². The molecule has 0 saturated heterocycles. The molecule has 2 aromatic carbocycles. The van der Waals surface area contributed by atoms with Crippen molar-refractivity contribution in [3.8, 4) is 11.5 Å². The molecule has 0 fully saturated rings. The molecule has 1 aromatic heterocycles. The van der Waals surface area contributed by atoms with E-state index in [2.05, 4.69) is 15.8 Å². The molecule has 28 heavy (non-hydrogen) atoms. The second-order valence-electron chi connectivity index (χ2n) is 6.04. The Hall–Kier alpha value is -3.48. The maximum atomic E-state index is 12.1. The molecular formula is C21H23N3O4. The molecule has 3 aromatic rings. The molecule has 0 aliphatic carbocycles. The number of nitrogens with one attached hydrogen (secondary N) is 2. The minimum absolute atomic E-state index is 0.0819. The number of hydrogen-bond acceptors (Lipinski definition) is 6. The van der Waals surface area contributed by atoms with Gasteiger partial charge in [0.2, 0.25) is 0 Å². The number of anilines is 1. The highest BCUT2D eigenvalue weighted by atomic mass is 16.5. The predicted octanol–water partition coefficient (Wildman–Crippen LogP) is 3.79. The molecule has 7 nitrogen and oxygen atoms in total. The molecule has 2 N–H and O–H groups in total. The molecule has 0 spiro atoms. The van der Waals surface area contributed by atoms with Gasteiger partial charge in [-0.05, 0) is 38.1 Å². The number of ether oxygens (including phenoxy) is 2. The van der Waals surface area contributed by atoms with E-state index in [-0.39, 0.29) is 12.5 Å². The topological polar surface area (TPSA) is 85.1 Å². The molecule has 7 heteroatoms. The van der Waals surface area contributed by atoms with E-state index in [4.69, 9.17) is 13.9 Å². The highest BCUT2D eigenvalue weighted by Crippen LogP contribution is 2.29. The van der Waals surface area contributed by atoms with Crippen LogP contribution in [0.5, 0.6) is 11.5 Å². The summed E-state index contributed by atoms with van der Waals surface area (Å²) in [5.41, 5.74) is 4.55. The Balaban J connectivity index is 1.62. The van der Waals surface area contributed by atoms with Crippen molar-refractivity contribution >= 4 is 28.3 Å². The van der Waals surface area contributed by atoms with Crippen LogP contribution < -0.4 is 20.2 Å². The van der Waals surface area contributed by atoms with E-state index in [1.807, 2.05) is 55.5 Å². The first kappa shape index (κ1) is 19.3.